The molecule has 308 valence electrons. The summed E-state index contributed by atoms with van der Waals surface area (Å²) in [6.07, 6.45) is 14.6. The van der Waals surface area contributed by atoms with Crippen molar-refractivity contribution in [3.05, 3.63) is 217 Å². The molecule has 0 fully saturated rings. The highest BCUT2D eigenvalue weighted by molar-refractivity contribution is 5.85. The number of hydrogen-bond donors (Lipinski definition) is 0. The summed E-state index contributed by atoms with van der Waals surface area (Å²) in [5, 5.41) is 0. The van der Waals surface area contributed by atoms with E-state index < -0.39 is 0 Å². The molecule has 12 nitrogen and oxygen atoms in total. The molecular formula is C52H40N12. The van der Waals surface area contributed by atoms with Crippen molar-refractivity contribution >= 4 is 44.1 Å². The molecule has 0 saturated heterocycles. The zero-order valence-corrected chi connectivity index (χ0v) is 34.7. The zero-order valence-electron chi connectivity index (χ0n) is 34.7. The molecule has 0 aliphatic rings. The van der Waals surface area contributed by atoms with Crippen molar-refractivity contribution in [2.45, 2.75) is 26.2 Å². The first-order valence-electron chi connectivity index (χ1n) is 21.1. The fourth-order valence-corrected chi connectivity index (χ4v) is 8.31. The topological polar surface area (TPSA) is 123 Å². The van der Waals surface area contributed by atoms with Gasteiger partial charge in [-0.2, -0.15) is 0 Å². The molecule has 0 saturated carbocycles. The third kappa shape index (κ3) is 7.53. The molecule has 0 radical (unpaired) electrons. The Bertz CT molecular complexity index is 3030. The normalized spacial score (nSPS) is 11.4. The van der Waals surface area contributed by atoms with Gasteiger partial charge in [-0.25, -0.2) is 19.9 Å². The highest BCUT2D eigenvalue weighted by Gasteiger charge is 2.22. The summed E-state index contributed by atoms with van der Waals surface area (Å²) in [6.45, 7) is 2.77. The number of aromatic nitrogens is 12. The second-order valence-electron chi connectivity index (χ2n) is 15.5. The Balaban J connectivity index is 0.000000143. The quantitative estimate of drug-likeness (QED) is 0.134. The van der Waals surface area contributed by atoms with Gasteiger partial charge < -0.3 is 18.3 Å². The van der Waals surface area contributed by atoms with Crippen molar-refractivity contribution in [1.82, 2.24) is 58.1 Å². The van der Waals surface area contributed by atoms with E-state index in [0.29, 0.717) is 26.2 Å². The third-order valence-electron chi connectivity index (χ3n) is 11.4. The van der Waals surface area contributed by atoms with Gasteiger partial charge in [0, 0.05) is 75.8 Å². The Hall–Kier alpha value is -8.64. The number of nitrogens with zero attached hydrogens (tertiary/aromatic N) is 12. The molecule has 0 atom stereocenters. The fraction of sp³-hybridized carbons (Fsp3) is 0.0769. The van der Waals surface area contributed by atoms with E-state index in [2.05, 4.69) is 111 Å². The Labute approximate surface area is 367 Å². The summed E-state index contributed by atoms with van der Waals surface area (Å²) in [6, 6.07) is 49.3. The van der Waals surface area contributed by atoms with Gasteiger partial charge in [0.25, 0.3) is 0 Å². The summed E-state index contributed by atoms with van der Waals surface area (Å²) in [4.78, 5) is 36.8. The molecule has 0 bridgehead atoms. The second-order valence-corrected chi connectivity index (χ2v) is 15.5. The minimum absolute atomic E-state index is 0.691. The zero-order chi connectivity index (χ0) is 42.7. The number of benzene rings is 4. The molecule has 0 unspecified atom stereocenters. The molecular weight excluding hydrogens is 793 g/mol. The number of imidazole rings is 4. The SMILES string of the molecule is c1ccc2c(c1)nc(-c1nc3ccccc3n1Cc1ccncc1)n2Cc1ccncc1.c1ccc2c(c1)nc(-c1nc3ccccc3n1Cc1ccncc1)n2Cc1ccncc1. The molecule has 64 heavy (non-hydrogen) atoms. The van der Waals surface area contributed by atoms with Crippen LogP contribution >= 0.6 is 0 Å². The molecule has 0 spiro atoms. The number of pyridine rings is 4. The number of hydrogen-bond acceptors (Lipinski definition) is 8. The largest absolute Gasteiger partial charge is 0.317 e. The maximum absolute atomic E-state index is 5.03. The summed E-state index contributed by atoms with van der Waals surface area (Å²) in [5.41, 5.74) is 12.8. The molecule has 12 aromatic rings. The van der Waals surface area contributed by atoms with Gasteiger partial charge in [-0.1, -0.05) is 48.5 Å². The lowest BCUT2D eigenvalue weighted by Crippen LogP contribution is -2.08. The van der Waals surface area contributed by atoms with Gasteiger partial charge in [0.05, 0.1) is 44.1 Å². The van der Waals surface area contributed by atoms with Gasteiger partial charge in [0.1, 0.15) is 0 Å². The van der Waals surface area contributed by atoms with E-state index in [0.717, 1.165) is 67.4 Å². The predicted molar refractivity (Wildman–Crippen MR) is 250 cm³/mol. The van der Waals surface area contributed by atoms with E-state index >= 15 is 0 Å². The minimum Gasteiger partial charge on any atom is -0.317 e. The van der Waals surface area contributed by atoms with Gasteiger partial charge in [-0.3, -0.25) is 19.9 Å². The number of fused-ring (bicyclic) bond motifs is 4. The van der Waals surface area contributed by atoms with Crippen LogP contribution in [-0.2, 0) is 26.2 Å². The van der Waals surface area contributed by atoms with Gasteiger partial charge >= 0.3 is 0 Å². The van der Waals surface area contributed by atoms with Crippen LogP contribution in [-0.4, -0.2) is 58.1 Å². The van der Waals surface area contributed by atoms with E-state index in [1.165, 1.54) is 22.3 Å². The average Bonchev–Trinajstić information content (AvgIpc) is 4.11. The van der Waals surface area contributed by atoms with Gasteiger partial charge in [-0.15, -0.1) is 0 Å². The lowest BCUT2D eigenvalue weighted by atomic mass is 10.2. The highest BCUT2D eigenvalue weighted by Crippen LogP contribution is 2.31. The first kappa shape index (κ1) is 38.3. The molecule has 8 heterocycles. The Morgan fingerprint density at radius 2 is 0.453 bits per heavy atom. The predicted octanol–water partition coefficient (Wildman–Crippen LogP) is 9.88. The molecule has 0 aliphatic heterocycles. The molecule has 4 aromatic carbocycles. The van der Waals surface area contributed by atoms with Crippen molar-refractivity contribution in [2.24, 2.45) is 0 Å². The lowest BCUT2D eigenvalue weighted by Gasteiger charge is -2.12. The number of rotatable bonds is 10. The standard InChI is InChI=1S/2C26H20N6/c2*1-3-7-23-21(5-1)29-25(31(23)17-19-9-13-27-14-10-19)26-30-22-6-2-4-8-24(22)32(26)18-20-11-15-28-16-12-20/h2*1-16H,17-18H2. The first-order valence-corrected chi connectivity index (χ1v) is 21.1. The van der Waals surface area contributed by atoms with Crippen molar-refractivity contribution in [1.29, 1.82) is 0 Å². The van der Waals surface area contributed by atoms with E-state index in [4.69, 9.17) is 19.9 Å². The smallest absolute Gasteiger partial charge is 0.177 e. The van der Waals surface area contributed by atoms with Crippen molar-refractivity contribution in [2.75, 3.05) is 0 Å². The molecule has 8 aromatic heterocycles. The van der Waals surface area contributed by atoms with Crippen LogP contribution in [0.2, 0.25) is 0 Å². The summed E-state index contributed by atoms with van der Waals surface area (Å²) >= 11 is 0. The molecule has 12 rings (SSSR count). The van der Waals surface area contributed by atoms with Crippen LogP contribution in [0.25, 0.3) is 67.4 Å². The summed E-state index contributed by atoms with van der Waals surface area (Å²) in [5.74, 6) is 3.42. The van der Waals surface area contributed by atoms with E-state index in [9.17, 15) is 0 Å². The summed E-state index contributed by atoms with van der Waals surface area (Å²) < 4.78 is 8.98. The summed E-state index contributed by atoms with van der Waals surface area (Å²) in [7, 11) is 0. The fourth-order valence-electron chi connectivity index (χ4n) is 8.31. The van der Waals surface area contributed by atoms with Crippen molar-refractivity contribution in [3.8, 4) is 23.3 Å². The Morgan fingerprint density at radius 1 is 0.250 bits per heavy atom. The van der Waals surface area contributed by atoms with Crippen LogP contribution in [0.15, 0.2) is 195 Å². The van der Waals surface area contributed by atoms with Crippen LogP contribution in [0, 0.1) is 0 Å². The Kier molecular flexibility index (Phi) is 10.2. The van der Waals surface area contributed by atoms with Gasteiger partial charge in [0.2, 0.25) is 0 Å². The van der Waals surface area contributed by atoms with Crippen molar-refractivity contribution in [3.63, 3.8) is 0 Å². The molecule has 0 aliphatic carbocycles. The lowest BCUT2D eigenvalue weighted by molar-refractivity contribution is 0.783. The highest BCUT2D eigenvalue weighted by atomic mass is 15.2. The third-order valence-corrected chi connectivity index (χ3v) is 11.4. The molecule has 0 amide bonds. The van der Waals surface area contributed by atoms with E-state index in [1.807, 2.05) is 122 Å². The minimum atomic E-state index is 0.691. The van der Waals surface area contributed by atoms with E-state index in [1.54, 1.807) is 0 Å². The maximum atomic E-state index is 5.03. The Morgan fingerprint density at radius 3 is 0.672 bits per heavy atom. The second kappa shape index (κ2) is 17.0. The van der Waals surface area contributed by atoms with Gasteiger partial charge in [0.15, 0.2) is 23.3 Å². The van der Waals surface area contributed by atoms with Crippen LogP contribution in [0.3, 0.4) is 0 Å². The van der Waals surface area contributed by atoms with Gasteiger partial charge in [-0.05, 0) is 119 Å². The van der Waals surface area contributed by atoms with Crippen LogP contribution in [0.4, 0.5) is 0 Å². The van der Waals surface area contributed by atoms with Crippen LogP contribution in [0.5, 0.6) is 0 Å². The first-order chi connectivity index (χ1) is 31.7. The van der Waals surface area contributed by atoms with Crippen LogP contribution in [0.1, 0.15) is 22.3 Å². The molecule has 0 N–H and O–H groups in total. The number of para-hydroxylation sites is 8. The monoisotopic (exact) mass is 832 g/mol. The van der Waals surface area contributed by atoms with Crippen molar-refractivity contribution < 1.29 is 0 Å². The maximum Gasteiger partial charge on any atom is 0.177 e. The molecule has 12 heteroatoms. The average molecular weight is 833 g/mol. The van der Waals surface area contributed by atoms with E-state index in [-0.39, 0.29) is 0 Å². The van der Waals surface area contributed by atoms with Crippen LogP contribution < -0.4 is 0 Å².